The maximum Gasteiger partial charge on any atom is 0.330 e. The van der Waals surface area contributed by atoms with Gasteiger partial charge in [-0.3, -0.25) is 4.79 Å². The summed E-state index contributed by atoms with van der Waals surface area (Å²) in [4.78, 5) is 23.6. The third-order valence-corrected chi connectivity index (χ3v) is 1.87. The van der Waals surface area contributed by atoms with Crippen LogP contribution in [0.2, 0.25) is 0 Å². The Morgan fingerprint density at radius 2 is 2.25 bits per heavy atom. The van der Waals surface area contributed by atoms with Crippen LogP contribution in [0.3, 0.4) is 0 Å². The standard InChI is InChI=1S/C8H13NO3/c1-3-4-7(10)9-5-6(9)8(11)12-2/h6H,3-5H2,1-2H3. The van der Waals surface area contributed by atoms with Crippen LogP contribution in [-0.2, 0) is 14.3 Å². The van der Waals surface area contributed by atoms with Crippen molar-refractivity contribution in [1.82, 2.24) is 4.90 Å². The fourth-order valence-electron chi connectivity index (χ4n) is 1.11. The number of methoxy groups -OCH3 is 1. The van der Waals surface area contributed by atoms with Gasteiger partial charge in [-0.2, -0.15) is 0 Å². The first-order valence-corrected chi connectivity index (χ1v) is 4.08. The molecule has 1 rings (SSSR count). The van der Waals surface area contributed by atoms with Crippen LogP contribution in [0, 0.1) is 0 Å². The number of amides is 1. The lowest BCUT2D eigenvalue weighted by Crippen LogP contribution is -2.19. The summed E-state index contributed by atoms with van der Waals surface area (Å²) < 4.78 is 4.50. The summed E-state index contributed by atoms with van der Waals surface area (Å²) in [5.74, 6) is -0.257. The van der Waals surface area contributed by atoms with Crippen LogP contribution in [0.25, 0.3) is 0 Å². The summed E-state index contributed by atoms with van der Waals surface area (Å²) in [5, 5.41) is 0. The van der Waals surface area contributed by atoms with Gasteiger partial charge >= 0.3 is 5.97 Å². The predicted molar refractivity (Wildman–Crippen MR) is 42.4 cm³/mol. The predicted octanol–water partition coefficient (Wildman–Crippen LogP) is 0.170. The summed E-state index contributed by atoms with van der Waals surface area (Å²) >= 11 is 0. The Kier molecular flexibility index (Phi) is 2.68. The minimum absolute atomic E-state index is 0.0490. The molecule has 1 aliphatic rings. The molecule has 12 heavy (non-hydrogen) atoms. The Labute approximate surface area is 71.5 Å². The van der Waals surface area contributed by atoms with Gasteiger partial charge in [0.2, 0.25) is 5.91 Å². The number of ether oxygens (including phenoxy) is 1. The van der Waals surface area contributed by atoms with Crippen molar-refractivity contribution in [2.24, 2.45) is 0 Å². The van der Waals surface area contributed by atoms with Crippen molar-refractivity contribution in [2.75, 3.05) is 13.7 Å². The molecule has 0 aliphatic carbocycles. The molecule has 1 atom stereocenters. The van der Waals surface area contributed by atoms with E-state index in [1.54, 1.807) is 0 Å². The molecule has 4 nitrogen and oxygen atoms in total. The van der Waals surface area contributed by atoms with Crippen LogP contribution in [-0.4, -0.2) is 36.5 Å². The van der Waals surface area contributed by atoms with Crippen LogP contribution >= 0.6 is 0 Å². The van der Waals surface area contributed by atoms with E-state index in [4.69, 9.17) is 0 Å². The highest BCUT2D eigenvalue weighted by molar-refractivity contribution is 5.89. The summed E-state index contributed by atoms with van der Waals surface area (Å²) in [6.07, 6.45) is 1.34. The van der Waals surface area contributed by atoms with E-state index in [-0.39, 0.29) is 17.9 Å². The van der Waals surface area contributed by atoms with Gasteiger partial charge in [-0.1, -0.05) is 6.92 Å². The van der Waals surface area contributed by atoms with Gasteiger partial charge in [0.1, 0.15) is 6.04 Å². The molecule has 0 spiro atoms. The molecule has 1 heterocycles. The molecule has 1 amide bonds. The molecule has 1 fully saturated rings. The van der Waals surface area contributed by atoms with Gasteiger partial charge in [0.25, 0.3) is 0 Å². The molecule has 4 heteroatoms. The molecule has 0 saturated carbocycles. The Balaban J connectivity index is 2.32. The van der Waals surface area contributed by atoms with Crippen LogP contribution in [0.5, 0.6) is 0 Å². The molecule has 0 aromatic rings. The number of esters is 1. The molecule has 0 aromatic carbocycles. The molecule has 1 aliphatic heterocycles. The zero-order valence-electron chi connectivity index (χ0n) is 7.37. The van der Waals surface area contributed by atoms with Gasteiger partial charge in [-0.05, 0) is 6.42 Å². The second-order valence-electron chi connectivity index (χ2n) is 2.84. The van der Waals surface area contributed by atoms with Gasteiger partial charge in [0.15, 0.2) is 0 Å². The highest BCUT2D eigenvalue weighted by Crippen LogP contribution is 2.20. The van der Waals surface area contributed by atoms with E-state index in [0.29, 0.717) is 13.0 Å². The molecule has 0 radical (unpaired) electrons. The summed E-state index contributed by atoms with van der Waals surface area (Å²) in [6.45, 7) is 2.47. The second kappa shape index (κ2) is 3.56. The average molecular weight is 171 g/mol. The van der Waals surface area contributed by atoms with Crippen LogP contribution in [0.1, 0.15) is 19.8 Å². The van der Waals surface area contributed by atoms with Crippen molar-refractivity contribution < 1.29 is 14.3 Å². The molecule has 0 N–H and O–H groups in total. The average Bonchev–Trinajstić information content (AvgIpc) is 2.82. The van der Waals surface area contributed by atoms with E-state index in [9.17, 15) is 9.59 Å². The quantitative estimate of drug-likeness (QED) is 0.449. The Bertz CT molecular complexity index is 202. The zero-order chi connectivity index (χ0) is 9.14. The fraction of sp³-hybridized carbons (Fsp3) is 0.750. The van der Waals surface area contributed by atoms with E-state index in [1.165, 1.54) is 12.0 Å². The Hall–Kier alpha value is -1.06. The third kappa shape index (κ3) is 1.75. The summed E-state index contributed by atoms with van der Waals surface area (Å²) in [6, 6.07) is -0.297. The largest absolute Gasteiger partial charge is 0.467 e. The van der Waals surface area contributed by atoms with Crippen LogP contribution in [0.4, 0.5) is 0 Å². The minimum Gasteiger partial charge on any atom is -0.467 e. The van der Waals surface area contributed by atoms with Crippen LogP contribution in [0.15, 0.2) is 0 Å². The lowest BCUT2D eigenvalue weighted by Gasteiger charge is -2.00. The van der Waals surface area contributed by atoms with E-state index in [1.807, 2.05) is 6.92 Å². The normalized spacial score (nSPS) is 20.5. The Morgan fingerprint density at radius 3 is 2.75 bits per heavy atom. The number of nitrogens with zero attached hydrogens (tertiary/aromatic N) is 1. The third-order valence-electron chi connectivity index (χ3n) is 1.87. The maximum atomic E-state index is 11.2. The zero-order valence-corrected chi connectivity index (χ0v) is 7.37. The van der Waals surface area contributed by atoms with Crippen LogP contribution < -0.4 is 0 Å². The van der Waals surface area contributed by atoms with E-state index >= 15 is 0 Å². The van der Waals surface area contributed by atoms with Crippen molar-refractivity contribution in [3.05, 3.63) is 0 Å². The number of carbonyl (C=O) groups is 2. The molecular formula is C8H13NO3. The highest BCUT2D eigenvalue weighted by atomic mass is 16.5. The van der Waals surface area contributed by atoms with Crippen molar-refractivity contribution in [1.29, 1.82) is 0 Å². The van der Waals surface area contributed by atoms with Crippen molar-refractivity contribution in [3.63, 3.8) is 0 Å². The first-order valence-electron chi connectivity index (χ1n) is 4.08. The molecule has 1 saturated heterocycles. The van der Waals surface area contributed by atoms with Gasteiger partial charge in [-0.15, -0.1) is 0 Å². The number of hydrogen-bond donors (Lipinski definition) is 0. The van der Waals surface area contributed by atoms with Gasteiger partial charge < -0.3 is 9.64 Å². The highest BCUT2D eigenvalue weighted by Gasteiger charge is 2.44. The van der Waals surface area contributed by atoms with Crippen molar-refractivity contribution in [3.8, 4) is 0 Å². The number of rotatable bonds is 3. The first kappa shape index (κ1) is 9.03. The van der Waals surface area contributed by atoms with Crippen molar-refractivity contribution >= 4 is 11.9 Å². The number of carbonyl (C=O) groups excluding carboxylic acids is 2. The summed E-state index contributed by atoms with van der Waals surface area (Å²) in [5.41, 5.74) is 0. The molecule has 0 bridgehead atoms. The number of hydrogen-bond acceptors (Lipinski definition) is 3. The topological polar surface area (TPSA) is 46.4 Å². The maximum absolute atomic E-state index is 11.2. The lowest BCUT2D eigenvalue weighted by molar-refractivity contribution is -0.143. The Morgan fingerprint density at radius 1 is 1.58 bits per heavy atom. The SMILES string of the molecule is CCCC(=O)N1CC1C(=O)OC. The summed E-state index contributed by atoms with van der Waals surface area (Å²) in [7, 11) is 1.34. The smallest absolute Gasteiger partial charge is 0.330 e. The molecule has 0 aromatic heterocycles. The second-order valence-corrected chi connectivity index (χ2v) is 2.84. The van der Waals surface area contributed by atoms with Gasteiger partial charge in [0.05, 0.1) is 13.7 Å². The first-order chi connectivity index (χ1) is 5.70. The van der Waals surface area contributed by atoms with E-state index < -0.39 is 0 Å². The van der Waals surface area contributed by atoms with E-state index in [2.05, 4.69) is 4.74 Å². The molecule has 68 valence electrons. The minimum atomic E-state index is -0.306. The van der Waals surface area contributed by atoms with Gasteiger partial charge in [0, 0.05) is 6.42 Å². The lowest BCUT2D eigenvalue weighted by atomic mass is 10.3. The fourth-order valence-corrected chi connectivity index (χ4v) is 1.11. The monoisotopic (exact) mass is 171 g/mol. The van der Waals surface area contributed by atoms with Gasteiger partial charge in [-0.25, -0.2) is 4.79 Å². The molecular weight excluding hydrogens is 158 g/mol. The molecule has 1 unspecified atom stereocenters. The van der Waals surface area contributed by atoms with E-state index in [0.717, 1.165) is 6.42 Å². The van der Waals surface area contributed by atoms with Crippen molar-refractivity contribution in [2.45, 2.75) is 25.8 Å².